The van der Waals surface area contributed by atoms with Gasteiger partial charge in [-0.15, -0.1) is 0 Å². The summed E-state index contributed by atoms with van der Waals surface area (Å²) < 4.78 is 0. The number of benzene rings is 1. The number of carbonyl (C=O) groups is 1. The van der Waals surface area contributed by atoms with Crippen molar-refractivity contribution in [3.63, 3.8) is 0 Å². The number of nitrogens with one attached hydrogen (secondary N) is 2. The summed E-state index contributed by atoms with van der Waals surface area (Å²) in [5, 5.41) is 6.58. The quantitative estimate of drug-likeness (QED) is 0.797. The third kappa shape index (κ3) is 2.56. The van der Waals surface area contributed by atoms with Gasteiger partial charge < -0.3 is 16.4 Å². The Bertz CT molecular complexity index is 654. The summed E-state index contributed by atoms with van der Waals surface area (Å²) in [6, 6.07) is 11.3. The Kier molecular flexibility index (Phi) is 3.25. The second-order valence-electron chi connectivity index (χ2n) is 4.80. The van der Waals surface area contributed by atoms with E-state index in [1.807, 2.05) is 12.1 Å². The molecule has 5 heteroatoms. The molecule has 4 N–H and O–H groups in total. The maximum Gasteiger partial charge on any atom is 0.267 e. The Morgan fingerprint density at radius 1 is 1.30 bits per heavy atom. The summed E-state index contributed by atoms with van der Waals surface area (Å²) in [6.07, 6.45) is 2.22. The van der Waals surface area contributed by atoms with Gasteiger partial charge in [0, 0.05) is 17.9 Å². The molecular formula is C15H16N4O. The third-order valence-electron chi connectivity index (χ3n) is 3.32. The predicted octanol–water partition coefficient (Wildman–Crippen LogP) is 2.28. The molecule has 0 unspecified atom stereocenters. The lowest BCUT2D eigenvalue weighted by Crippen LogP contribution is -2.13. The minimum absolute atomic E-state index is 0.259. The van der Waals surface area contributed by atoms with E-state index >= 15 is 0 Å². The SMILES string of the molecule is NC(=O)c1cccc(Nc2ccc3c(c2)CCCN3)n1. The molecule has 1 aromatic carbocycles. The minimum Gasteiger partial charge on any atom is -0.385 e. The van der Waals surface area contributed by atoms with E-state index in [0.29, 0.717) is 5.82 Å². The van der Waals surface area contributed by atoms with Crippen LogP contribution in [0.1, 0.15) is 22.5 Å². The molecule has 2 aromatic rings. The van der Waals surface area contributed by atoms with Crippen LogP contribution in [0, 0.1) is 0 Å². The molecule has 0 spiro atoms. The molecular weight excluding hydrogens is 252 g/mol. The number of hydrogen-bond acceptors (Lipinski definition) is 4. The van der Waals surface area contributed by atoms with Crippen molar-refractivity contribution in [2.75, 3.05) is 17.2 Å². The number of anilines is 3. The molecule has 5 nitrogen and oxygen atoms in total. The largest absolute Gasteiger partial charge is 0.385 e. The molecule has 0 radical (unpaired) electrons. The fourth-order valence-corrected chi connectivity index (χ4v) is 2.34. The van der Waals surface area contributed by atoms with Gasteiger partial charge in [0.25, 0.3) is 5.91 Å². The summed E-state index contributed by atoms with van der Waals surface area (Å²) in [5.74, 6) is 0.0910. The Labute approximate surface area is 117 Å². The van der Waals surface area contributed by atoms with E-state index in [9.17, 15) is 4.79 Å². The fraction of sp³-hybridized carbons (Fsp3) is 0.200. The Morgan fingerprint density at radius 3 is 3.05 bits per heavy atom. The molecule has 0 saturated carbocycles. The van der Waals surface area contributed by atoms with E-state index < -0.39 is 5.91 Å². The summed E-state index contributed by atoms with van der Waals surface area (Å²) in [6.45, 7) is 1.03. The van der Waals surface area contributed by atoms with Crippen molar-refractivity contribution in [1.29, 1.82) is 0 Å². The van der Waals surface area contributed by atoms with Crippen LogP contribution in [0.4, 0.5) is 17.2 Å². The Balaban J connectivity index is 1.84. The molecule has 2 heterocycles. The first-order valence-corrected chi connectivity index (χ1v) is 6.63. The van der Waals surface area contributed by atoms with E-state index in [0.717, 1.165) is 25.1 Å². The Morgan fingerprint density at radius 2 is 2.20 bits per heavy atom. The topological polar surface area (TPSA) is 80.0 Å². The maximum atomic E-state index is 11.1. The van der Waals surface area contributed by atoms with Crippen LogP contribution in [0.3, 0.4) is 0 Å². The van der Waals surface area contributed by atoms with Crippen molar-refractivity contribution in [3.8, 4) is 0 Å². The van der Waals surface area contributed by atoms with Gasteiger partial charge in [-0.05, 0) is 48.7 Å². The number of amides is 1. The third-order valence-corrected chi connectivity index (χ3v) is 3.32. The number of pyridine rings is 1. The van der Waals surface area contributed by atoms with Gasteiger partial charge in [-0.3, -0.25) is 4.79 Å². The van der Waals surface area contributed by atoms with Crippen LogP contribution < -0.4 is 16.4 Å². The zero-order chi connectivity index (χ0) is 13.9. The van der Waals surface area contributed by atoms with Crippen LogP contribution >= 0.6 is 0 Å². The van der Waals surface area contributed by atoms with Gasteiger partial charge in [0.15, 0.2) is 0 Å². The molecule has 0 bridgehead atoms. The lowest BCUT2D eigenvalue weighted by Gasteiger charge is -2.19. The van der Waals surface area contributed by atoms with Crippen LogP contribution in [-0.2, 0) is 6.42 Å². The van der Waals surface area contributed by atoms with E-state index in [1.165, 1.54) is 11.3 Å². The van der Waals surface area contributed by atoms with Gasteiger partial charge in [0.1, 0.15) is 11.5 Å². The van der Waals surface area contributed by atoms with Gasteiger partial charge in [0.05, 0.1) is 0 Å². The predicted molar refractivity (Wildman–Crippen MR) is 79.3 cm³/mol. The van der Waals surface area contributed by atoms with Crippen LogP contribution in [0.15, 0.2) is 36.4 Å². The summed E-state index contributed by atoms with van der Waals surface area (Å²) in [4.78, 5) is 15.3. The number of aromatic nitrogens is 1. The first-order valence-electron chi connectivity index (χ1n) is 6.63. The number of nitrogens with two attached hydrogens (primary N) is 1. The molecule has 1 aliphatic rings. The van der Waals surface area contributed by atoms with Crippen molar-refractivity contribution in [1.82, 2.24) is 4.98 Å². The van der Waals surface area contributed by atoms with Gasteiger partial charge in [0.2, 0.25) is 0 Å². The number of aryl methyl sites for hydroxylation is 1. The van der Waals surface area contributed by atoms with E-state index in [1.54, 1.807) is 12.1 Å². The molecule has 3 rings (SSSR count). The highest BCUT2D eigenvalue weighted by Gasteiger charge is 2.09. The zero-order valence-electron chi connectivity index (χ0n) is 11.0. The molecule has 20 heavy (non-hydrogen) atoms. The lowest BCUT2D eigenvalue weighted by atomic mass is 10.0. The van der Waals surface area contributed by atoms with E-state index in [4.69, 9.17) is 5.73 Å². The molecule has 1 aromatic heterocycles. The zero-order valence-corrected chi connectivity index (χ0v) is 11.0. The Hall–Kier alpha value is -2.56. The van der Waals surface area contributed by atoms with Crippen molar-refractivity contribution < 1.29 is 4.79 Å². The van der Waals surface area contributed by atoms with Crippen LogP contribution in [0.5, 0.6) is 0 Å². The summed E-state index contributed by atoms with van der Waals surface area (Å²) in [7, 11) is 0. The van der Waals surface area contributed by atoms with Crippen LogP contribution in [0.2, 0.25) is 0 Å². The number of nitrogens with zero attached hydrogens (tertiary/aromatic N) is 1. The number of fused-ring (bicyclic) bond motifs is 1. The second kappa shape index (κ2) is 5.21. The summed E-state index contributed by atoms with van der Waals surface area (Å²) in [5.41, 5.74) is 8.94. The average Bonchev–Trinajstić information content (AvgIpc) is 2.47. The standard InChI is InChI=1S/C15H16N4O/c16-15(20)13-4-1-5-14(19-13)18-11-6-7-12-10(9-11)3-2-8-17-12/h1,4-7,9,17H,2-3,8H2,(H2,16,20)(H,18,19). The van der Waals surface area contributed by atoms with Crippen LogP contribution in [-0.4, -0.2) is 17.4 Å². The van der Waals surface area contributed by atoms with Crippen molar-refractivity contribution in [2.45, 2.75) is 12.8 Å². The van der Waals surface area contributed by atoms with E-state index in [-0.39, 0.29) is 5.69 Å². The molecule has 0 aliphatic carbocycles. The van der Waals surface area contributed by atoms with Crippen molar-refractivity contribution >= 4 is 23.1 Å². The molecule has 102 valence electrons. The normalized spacial score (nSPS) is 13.2. The van der Waals surface area contributed by atoms with Crippen molar-refractivity contribution in [2.24, 2.45) is 5.73 Å². The number of hydrogen-bond donors (Lipinski definition) is 3. The molecule has 0 fully saturated rings. The first kappa shape index (κ1) is 12.5. The maximum absolute atomic E-state index is 11.1. The first-order chi connectivity index (χ1) is 9.72. The highest BCUT2D eigenvalue weighted by atomic mass is 16.1. The molecule has 0 saturated heterocycles. The average molecular weight is 268 g/mol. The summed E-state index contributed by atoms with van der Waals surface area (Å²) >= 11 is 0. The monoisotopic (exact) mass is 268 g/mol. The minimum atomic E-state index is -0.525. The molecule has 1 aliphatic heterocycles. The molecule has 1 amide bonds. The smallest absolute Gasteiger partial charge is 0.267 e. The second-order valence-corrected chi connectivity index (χ2v) is 4.80. The highest BCUT2D eigenvalue weighted by molar-refractivity contribution is 5.91. The van der Waals surface area contributed by atoms with Gasteiger partial charge in [-0.25, -0.2) is 4.98 Å². The van der Waals surface area contributed by atoms with Crippen molar-refractivity contribution in [3.05, 3.63) is 47.7 Å². The lowest BCUT2D eigenvalue weighted by molar-refractivity contribution is 0.0995. The number of rotatable bonds is 3. The fourth-order valence-electron chi connectivity index (χ4n) is 2.34. The highest BCUT2D eigenvalue weighted by Crippen LogP contribution is 2.26. The van der Waals surface area contributed by atoms with Crippen LogP contribution in [0.25, 0.3) is 0 Å². The van der Waals surface area contributed by atoms with Gasteiger partial charge in [-0.1, -0.05) is 6.07 Å². The molecule has 0 atom stereocenters. The van der Waals surface area contributed by atoms with E-state index in [2.05, 4.69) is 27.8 Å². The number of carbonyl (C=O) groups excluding carboxylic acids is 1. The number of primary amides is 1. The van der Waals surface area contributed by atoms with Gasteiger partial charge >= 0.3 is 0 Å². The van der Waals surface area contributed by atoms with Gasteiger partial charge in [-0.2, -0.15) is 0 Å².